The number of aromatic nitrogens is 2. The molecule has 1 aromatic rings. The molecule has 0 radical (unpaired) electrons. The zero-order valence-electron chi connectivity index (χ0n) is 10.7. The first-order valence-electron chi connectivity index (χ1n) is 6.39. The fourth-order valence-corrected chi connectivity index (χ4v) is 4.65. The van der Waals surface area contributed by atoms with Gasteiger partial charge < -0.3 is 9.47 Å². The number of halogens is 1. The highest BCUT2D eigenvalue weighted by Gasteiger charge is 2.37. The Morgan fingerprint density at radius 1 is 1.42 bits per heavy atom. The van der Waals surface area contributed by atoms with E-state index in [-0.39, 0.29) is 16.2 Å². The number of imidazole rings is 1. The third-order valence-electron chi connectivity index (χ3n) is 4.05. The molecule has 8 heteroatoms. The van der Waals surface area contributed by atoms with Crippen molar-refractivity contribution in [1.29, 1.82) is 0 Å². The molecule has 1 N–H and O–H groups in total. The molecule has 0 aliphatic carbocycles. The zero-order chi connectivity index (χ0) is 13.6. The maximum Gasteiger partial charge on any atom is 0.261 e. The van der Waals surface area contributed by atoms with Gasteiger partial charge >= 0.3 is 0 Å². The molecule has 0 saturated carbocycles. The molecule has 0 spiro atoms. The predicted octanol–water partition coefficient (Wildman–Crippen LogP) is 0.446. The predicted molar refractivity (Wildman–Crippen MR) is 71.5 cm³/mol. The van der Waals surface area contributed by atoms with Gasteiger partial charge in [-0.1, -0.05) is 11.6 Å². The first kappa shape index (κ1) is 13.4. The van der Waals surface area contributed by atoms with Crippen LogP contribution >= 0.6 is 11.6 Å². The molecule has 1 aromatic heterocycles. The molecule has 2 bridgehead atoms. The van der Waals surface area contributed by atoms with Crippen LogP contribution in [0.2, 0.25) is 5.15 Å². The zero-order valence-corrected chi connectivity index (χ0v) is 12.3. The van der Waals surface area contributed by atoms with Crippen LogP contribution < -0.4 is 4.72 Å². The number of nitrogens with one attached hydrogen (secondary N) is 1. The molecule has 19 heavy (non-hydrogen) atoms. The summed E-state index contributed by atoms with van der Waals surface area (Å²) in [5.74, 6) is 0.433. The van der Waals surface area contributed by atoms with Crippen LogP contribution in [0.3, 0.4) is 0 Å². The van der Waals surface area contributed by atoms with Gasteiger partial charge in [-0.25, -0.2) is 18.1 Å². The summed E-state index contributed by atoms with van der Waals surface area (Å²) in [4.78, 5) is 6.18. The Bertz CT molecular complexity index is 578. The molecule has 3 saturated heterocycles. The standard InChI is InChI=1S/C11H17ClN4O2S/c1-15-7-13-11(10(15)12)19(17,18)14-9-6-16-4-2-8(9)3-5-16/h7-9,14H,2-6H2,1H3. The Morgan fingerprint density at radius 3 is 2.58 bits per heavy atom. The van der Waals surface area contributed by atoms with Crippen molar-refractivity contribution in [2.45, 2.75) is 23.9 Å². The second-order valence-corrected chi connectivity index (χ2v) is 7.30. The van der Waals surface area contributed by atoms with Gasteiger partial charge in [-0.2, -0.15) is 0 Å². The van der Waals surface area contributed by atoms with Gasteiger partial charge in [0.05, 0.1) is 6.33 Å². The van der Waals surface area contributed by atoms with Gasteiger partial charge in [0.15, 0.2) is 0 Å². The average molecular weight is 305 g/mol. The van der Waals surface area contributed by atoms with Crippen molar-refractivity contribution >= 4 is 21.6 Å². The maximum atomic E-state index is 12.3. The van der Waals surface area contributed by atoms with Crippen LogP contribution in [-0.4, -0.2) is 48.5 Å². The van der Waals surface area contributed by atoms with E-state index in [2.05, 4.69) is 14.6 Å². The van der Waals surface area contributed by atoms with E-state index in [9.17, 15) is 8.42 Å². The number of hydrogen-bond acceptors (Lipinski definition) is 4. The monoisotopic (exact) mass is 304 g/mol. The molecular formula is C11H17ClN4O2S. The molecule has 3 aliphatic rings. The number of aryl methyl sites for hydroxylation is 1. The van der Waals surface area contributed by atoms with E-state index in [1.807, 2.05) is 0 Å². The lowest BCUT2D eigenvalue weighted by Gasteiger charge is -2.44. The summed E-state index contributed by atoms with van der Waals surface area (Å²) in [7, 11) is -1.96. The second-order valence-electron chi connectivity index (χ2n) is 5.32. The number of fused-ring (bicyclic) bond motifs is 3. The van der Waals surface area contributed by atoms with Gasteiger partial charge in [-0.3, -0.25) is 0 Å². The van der Waals surface area contributed by atoms with Crippen LogP contribution in [0.15, 0.2) is 11.4 Å². The van der Waals surface area contributed by atoms with E-state index >= 15 is 0 Å². The minimum atomic E-state index is -3.63. The van der Waals surface area contributed by atoms with Gasteiger partial charge in [0.1, 0.15) is 5.15 Å². The van der Waals surface area contributed by atoms with Crippen LogP contribution in [0.5, 0.6) is 0 Å². The molecule has 106 valence electrons. The van der Waals surface area contributed by atoms with Gasteiger partial charge in [-0.05, 0) is 31.8 Å². The van der Waals surface area contributed by atoms with Crippen molar-refractivity contribution in [3.63, 3.8) is 0 Å². The second kappa shape index (κ2) is 4.73. The minimum Gasteiger partial charge on any atom is -0.324 e. The first-order valence-corrected chi connectivity index (χ1v) is 8.25. The van der Waals surface area contributed by atoms with Crippen LogP contribution in [0.4, 0.5) is 0 Å². The summed E-state index contributed by atoms with van der Waals surface area (Å²) in [5.41, 5.74) is 0. The summed E-state index contributed by atoms with van der Waals surface area (Å²) < 4.78 is 28.9. The molecule has 3 aliphatic heterocycles. The van der Waals surface area contributed by atoms with Crippen molar-refractivity contribution in [2.75, 3.05) is 19.6 Å². The Balaban J connectivity index is 1.81. The first-order chi connectivity index (χ1) is 8.97. The summed E-state index contributed by atoms with van der Waals surface area (Å²) in [5, 5.41) is 0.0712. The Kier molecular flexibility index (Phi) is 3.33. The van der Waals surface area contributed by atoms with E-state index in [0.717, 1.165) is 32.5 Å². The fraction of sp³-hybridized carbons (Fsp3) is 0.727. The quantitative estimate of drug-likeness (QED) is 0.880. The van der Waals surface area contributed by atoms with Crippen LogP contribution in [0, 0.1) is 5.92 Å². The van der Waals surface area contributed by atoms with Gasteiger partial charge in [0, 0.05) is 19.6 Å². The molecule has 0 amide bonds. The van der Waals surface area contributed by atoms with Crippen LogP contribution in [0.1, 0.15) is 12.8 Å². The smallest absolute Gasteiger partial charge is 0.261 e. The topological polar surface area (TPSA) is 67.2 Å². The molecule has 1 atom stereocenters. The lowest BCUT2D eigenvalue weighted by atomic mass is 9.85. The number of nitrogens with zero attached hydrogens (tertiary/aromatic N) is 3. The summed E-state index contributed by atoms with van der Waals surface area (Å²) >= 11 is 5.96. The SMILES string of the molecule is Cn1cnc(S(=O)(=O)NC2CN3CCC2CC3)c1Cl. The maximum absolute atomic E-state index is 12.3. The van der Waals surface area contributed by atoms with E-state index in [0.29, 0.717) is 5.92 Å². The number of piperidine rings is 3. The molecule has 6 nitrogen and oxygen atoms in total. The van der Waals surface area contributed by atoms with Crippen molar-refractivity contribution in [2.24, 2.45) is 13.0 Å². The summed E-state index contributed by atoms with van der Waals surface area (Å²) in [6.07, 6.45) is 3.53. The van der Waals surface area contributed by atoms with E-state index in [1.165, 1.54) is 10.9 Å². The number of hydrogen-bond donors (Lipinski definition) is 1. The molecule has 0 aromatic carbocycles. The van der Waals surface area contributed by atoms with Crippen molar-refractivity contribution in [3.8, 4) is 0 Å². The highest BCUT2D eigenvalue weighted by atomic mass is 35.5. The summed E-state index contributed by atoms with van der Waals surface area (Å²) in [6.45, 7) is 2.94. The number of sulfonamides is 1. The third kappa shape index (κ3) is 2.40. The Hall–Kier alpha value is -0.630. The van der Waals surface area contributed by atoms with E-state index < -0.39 is 10.0 Å². The average Bonchev–Trinajstić information content (AvgIpc) is 2.71. The van der Waals surface area contributed by atoms with E-state index in [1.54, 1.807) is 7.05 Å². The molecule has 1 unspecified atom stereocenters. The fourth-order valence-electron chi connectivity index (χ4n) is 2.93. The largest absolute Gasteiger partial charge is 0.324 e. The normalized spacial score (nSPS) is 30.7. The van der Waals surface area contributed by atoms with Crippen LogP contribution in [-0.2, 0) is 17.1 Å². The van der Waals surface area contributed by atoms with Crippen molar-refractivity contribution < 1.29 is 8.42 Å². The Labute approximate surface area is 117 Å². The molecular weight excluding hydrogens is 288 g/mol. The highest BCUT2D eigenvalue weighted by molar-refractivity contribution is 7.89. The molecule has 4 heterocycles. The third-order valence-corrected chi connectivity index (χ3v) is 6.03. The molecule has 3 fully saturated rings. The minimum absolute atomic E-state index is 0.0226. The van der Waals surface area contributed by atoms with E-state index in [4.69, 9.17) is 11.6 Å². The van der Waals surface area contributed by atoms with Gasteiger partial charge in [0.25, 0.3) is 10.0 Å². The van der Waals surface area contributed by atoms with Gasteiger partial charge in [0.2, 0.25) is 5.03 Å². The lowest BCUT2D eigenvalue weighted by Crippen LogP contribution is -2.57. The highest BCUT2D eigenvalue weighted by Crippen LogP contribution is 2.29. The number of rotatable bonds is 3. The summed E-state index contributed by atoms with van der Waals surface area (Å²) in [6, 6.07) is -0.0226. The van der Waals surface area contributed by atoms with Crippen molar-refractivity contribution in [1.82, 2.24) is 19.2 Å². The lowest BCUT2D eigenvalue weighted by molar-refractivity contribution is 0.0827. The van der Waals surface area contributed by atoms with Gasteiger partial charge in [-0.15, -0.1) is 0 Å². The molecule has 4 rings (SSSR count). The van der Waals surface area contributed by atoms with Crippen LogP contribution in [0.25, 0.3) is 0 Å². The van der Waals surface area contributed by atoms with Crippen molar-refractivity contribution in [3.05, 3.63) is 11.5 Å². The Morgan fingerprint density at radius 2 is 2.11 bits per heavy atom.